The number of hydrogen-bond donors (Lipinski definition) is 0. The molecule has 0 amide bonds. The molecule has 0 aliphatic heterocycles. The summed E-state index contributed by atoms with van der Waals surface area (Å²) >= 11 is 0. The second-order valence-electron chi connectivity index (χ2n) is 5.73. The summed E-state index contributed by atoms with van der Waals surface area (Å²) in [5.74, 6) is 0. The summed E-state index contributed by atoms with van der Waals surface area (Å²) in [6, 6.07) is 25.7. The van der Waals surface area contributed by atoms with Crippen LogP contribution in [0.25, 0.3) is 0 Å². The van der Waals surface area contributed by atoms with Gasteiger partial charge in [-0.15, -0.1) is 0 Å². The summed E-state index contributed by atoms with van der Waals surface area (Å²) in [6.45, 7) is 6.38. The molecule has 1 nitrogen and oxygen atoms in total. The monoisotopic (exact) mass is 322 g/mol. The summed E-state index contributed by atoms with van der Waals surface area (Å²) in [6.07, 6.45) is 0. The SMILES string of the molecule is Cc1cc(C)cc(C)c1.O=[PH](c1ccccc1)c1ccccc1. The Morgan fingerprint density at radius 2 is 0.870 bits per heavy atom. The van der Waals surface area contributed by atoms with Gasteiger partial charge in [0.15, 0.2) is 0 Å². The normalized spacial score (nSPS) is 10.1. The zero-order valence-electron chi connectivity index (χ0n) is 13.9. The molecule has 0 N–H and O–H groups in total. The van der Waals surface area contributed by atoms with Gasteiger partial charge in [0.25, 0.3) is 0 Å². The standard InChI is InChI=1S/C12H11OP.C9H12/c13-14(11-7-3-1-4-8-11)12-9-5-2-6-10-12;1-7-4-8(2)6-9(3)5-7/h1-10,14H;4-6H,1-3H3. The van der Waals surface area contributed by atoms with E-state index in [1.807, 2.05) is 60.7 Å². The van der Waals surface area contributed by atoms with Gasteiger partial charge in [-0.3, -0.25) is 0 Å². The van der Waals surface area contributed by atoms with Crippen molar-refractivity contribution in [3.8, 4) is 0 Å². The lowest BCUT2D eigenvalue weighted by atomic mass is 10.1. The first-order chi connectivity index (χ1) is 11.1. The van der Waals surface area contributed by atoms with Gasteiger partial charge in [0.05, 0.1) is 0 Å². The highest BCUT2D eigenvalue weighted by molar-refractivity contribution is 7.61. The molecule has 0 saturated carbocycles. The summed E-state index contributed by atoms with van der Waals surface area (Å²) in [5.41, 5.74) is 4.06. The van der Waals surface area contributed by atoms with Crippen LogP contribution in [0.2, 0.25) is 0 Å². The van der Waals surface area contributed by atoms with Gasteiger partial charge >= 0.3 is 0 Å². The summed E-state index contributed by atoms with van der Waals surface area (Å²) < 4.78 is 12.0. The van der Waals surface area contributed by atoms with Gasteiger partial charge in [-0.05, 0) is 20.8 Å². The molecule has 0 radical (unpaired) electrons. The van der Waals surface area contributed by atoms with Gasteiger partial charge < -0.3 is 4.57 Å². The Kier molecular flexibility index (Phi) is 6.38. The number of benzene rings is 3. The van der Waals surface area contributed by atoms with Crippen LogP contribution in [0.15, 0.2) is 78.9 Å². The predicted molar refractivity (Wildman–Crippen MR) is 102 cm³/mol. The first kappa shape index (κ1) is 17.2. The lowest BCUT2D eigenvalue weighted by Crippen LogP contribution is -2.04. The molecule has 0 fully saturated rings. The van der Waals surface area contributed by atoms with E-state index < -0.39 is 7.80 Å². The maximum absolute atomic E-state index is 12.0. The molecule has 118 valence electrons. The van der Waals surface area contributed by atoms with Crippen LogP contribution >= 0.6 is 7.80 Å². The third kappa shape index (κ3) is 5.54. The topological polar surface area (TPSA) is 17.1 Å². The van der Waals surface area contributed by atoms with Crippen LogP contribution in [0.4, 0.5) is 0 Å². The van der Waals surface area contributed by atoms with Crippen LogP contribution in [0.1, 0.15) is 16.7 Å². The molecular weight excluding hydrogens is 299 g/mol. The van der Waals surface area contributed by atoms with E-state index in [0.29, 0.717) is 0 Å². The maximum atomic E-state index is 12.0. The Bertz CT molecular complexity index is 672. The first-order valence-electron chi connectivity index (χ1n) is 7.76. The minimum Gasteiger partial charge on any atom is -0.317 e. The molecule has 0 aromatic heterocycles. The molecule has 3 rings (SSSR count). The van der Waals surface area contributed by atoms with E-state index in [2.05, 4.69) is 39.0 Å². The molecule has 3 aromatic carbocycles. The predicted octanol–water partition coefficient (Wildman–Crippen LogP) is 4.81. The highest BCUT2D eigenvalue weighted by Gasteiger charge is 2.03. The fourth-order valence-corrected chi connectivity index (χ4v) is 3.87. The van der Waals surface area contributed by atoms with Gasteiger partial charge in [0.2, 0.25) is 0 Å². The Hall–Kier alpha value is -2.11. The average molecular weight is 322 g/mol. The summed E-state index contributed by atoms with van der Waals surface area (Å²) in [7, 11) is -1.79. The lowest BCUT2D eigenvalue weighted by molar-refractivity contribution is 0.598. The third-order valence-electron chi connectivity index (χ3n) is 3.44. The Balaban J connectivity index is 0.000000185. The van der Waals surface area contributed by atoms with E-state index in [4.69, 9.17) is 0 Å². The smallest absolute Gasteiger partial charge is 0.131 e. The molecule has 0 heterocycles. The van der Waals surface area contributed by atoms with Crippen molar-refractivity contribution >= 4 is 18.4 Å². The van der Waals surface area contributed by atoms with Gasteiger partial charge in [-0.1, -0.05) is 95.6 Å². The molecule has 0 atom stereocenters. The highest BCUT2D eigenvalue weighted by Crippen LogP contribution is 2.18. The van der Waals surface area contributed by atoms with Crippen LogP contribution in [-0.2, 0) is 4.57 Å². The fourth-order valence-electron chi connectivity index (χ4n) is 2.55. The van der Waals surface area contributed by atoms with Crippen LogP contribution in [0, 0.1) is 20.8 Å². The van der Waals surface area contributed by atoms with Crippen molar-refractivity contribution in [2.24, 2.45) is 0 Å². The zero-order chi connectivity index (χ0) is 16.7. The second kappa shape index (κ2) is 8.50. The second-order valence-corrected chi connectivity index (χ2v) is 7.54. The highest BCUT2D eigenvalue weighted by atomic mass is 31.1. The van der Waals surface area contributed by atoms with Crippen molar-refractivity contribution in [2.75, 3.05) is 0 Å². The number of aryl methyl sites for hydroxylation is 3. The van der Waals surface area contributed by atoms with Crippen molar-refractivity contribution in [2.45, 2.75) is 20.8 Å². The lowest BCUT2D eigenvalue weighted by Gasteiger charge is -2.01. The van der Waals surface area contributed by atoms with E-state index in [-0.39, 0.29) is 0 Å². The van der Waals surface area contributed by atoms with Crippen molar-refractivity contribution in [1.29, 1.82) is 0 Å². The summed E-state index contributed by atoms with van der Waals surface area (Å²) in [4.78, 5) is 0. The average Bonchev–Trinajstić information content (AvgIpc) is 2.55. The molecule has 3 aromatic rings. The molecule has 0 bridgehead atoms. The van der Waals surface area contributed by atoms with E-state index in [1.165, 1.54) is 16.7 Å². The van der Waals surface area contributed by atoms with Crippen LogP contribution < -0.4 is 10.6 Å². The Morgan fingerprint density at radius 1 is 0.565 bits per heavy atom. The van der Waals surface area contributed by atoms with Crippen molar-refractivity contribution < 1.29 is 4.57 Å². The molecule has 0 unspecified atom stereocenters. The molecule has 0 aliphatic carbocycles. The van der Waals surface area contributed by atoms with Gasteiger partial charge in [0.1, 0.15) is 7.80 Å². The fraction of sp³-hybridized carbons (Fsp3) is 0.143. The molecule has 0 spiro atoms. The van der Waals surface area contributed by atoms with Gasteiger partial charge in [0, 0.05) is 10.6 Å². The van der Waals surface area contributed by atoms with E-state index in [0.717, 1.165) is 10.6 Å². The molecule has 2 heteroatoms. The van der Waals surface area contributed by atoms with Gasteiger partial charge in [-0.2, -0.15) is 0 Å². The minimum atomic E-state index is -1.79. The largest absolute Gasteiger partial charge is 0.317 e. The molecule has 0 aliphatic rings. The van der Waals surface area contributed by atoms with Gasteiger partial charge in [-0.25, -0.2) is 0 Å². The quantitative estimate of drug-likeness (QED) is 0.619. The molecular formula is C21H23OP. The van der Waals surface area contributed by atoms with E-state index in [1.54, 1.807) is 0 Å². The van der Waals surface area contributed by atoms with Crippen molar-refractivity contribution in [3.05, 3.63) is 95.6 Å². The third-order valence-corrected chi connectivity index (χ3v) is 5.15. The number of rotatable bonds is 2. The summed E-state index contributed by atoms with van der Waals surface area (Å²) in [5, 5.41) is 1.84. The van der Waals surface area contributed by atoms with Crippen LogP contribution in [-0.4, -0.2) is 0 Å². The van der Waals surface area contributed by atoms with E-state index in [9.17, 15) is 4.57 Å². The van der Waals surface area contributed by atoms with E-state index >= 15 is 0 Å². The molecule has 23 heavy (non-hydrogen) atoms. The first-order valence-corrected chi connectivity index (χ1v) is 9.17. The Morgan fingerprint density at radius 3 is 1.17 bits per heavy atom. The molecule has 0 saturated heterocycles. The van der Waals surface area contributed by atoms with Crippen LogP contribution in [0.3, 0.4) is 0 Å². The zero-order valence-corrected chi connectivity index (χ0v) is 14.9. The number of hydrogen-bond acceptors (Lipinski definition) is 1. The Labute approximate surface area is 139 Å². The minimum absolute atomic E-state index is 0.920. The van der Waals surface area contributed by atoms with Crippen LogP contribution in [0.5, 0.6) is 0 Å². The van der Waals surface area contributed by atoms with Crippen molar-refractivity contribution in [3.63, 3.8) is 0 Å². The maximum Gasteiger partial charge on any atom is 0.131 e. The van der Waals surface area contributed by atoms with Crippen molar-refractivity contribution in [1.82, 2.24) is 0 Å².